The molecule has 22 heavy (non-hydrogen) atoms. The number of aromatic nitrogens is 3. The number of piperidine rings is 1. The first-order valence-corrected chi connectivity index (χ1v) is 8.08. The molecule has 3 heterocycles. The third-order valence-electron chi connectivity index (χ3n) is 4.52. The molecule has 1 aliphatic rings. The Labute approximate surface area is 132 Å². The van der Waals surface area contributed by atoms with Crippen LogP contribution in [0, 0.1) is 13.8 Å². The van der Waals surface area contributed by atoms with Crippen LogP contribution in [0.15, 0.2) is 6.07 Å². The van der Waals surface area contributed by atoms with Crippen molar-refractivity contribution in [3.8, 4) is 0 Å². The second kappa shape index (κ2) is 5.23. The van der Waals surface area contributed by atoms with Gasteiger partial charge < -0.3 is 10.0 Å². The van der Waals surface area contributed by atoms with Gasteiger partial charge in [-0.3, -0.25) is 0 Å². The molecule has 0 saturated carbocycles. The van der Waals surface area contributed by atoms with Gasteiger partial charge in [-0.2, -0.15) is 9.61 Å². The van der Waals surface area contributed by atoms with Gasteiger partial charge in [0, 0.05) is 35.8 Å². The van der Waals surface area contributed by atoms with Crippen LogP contribution in [0.1, 0.15) is 50.6 Å². The average Bonchev–Trinajstić information content (AvgIpc) is 2.83. The van der Waals surface area contributed by atoms with Crippen LogP contribution in [0.25, 0.3) is 5.65 Å². The Hall–Kier alpha value is -1.62. The van der Waals surface area contributed by atoms with E-state index in [1.165, 1.54) is 0 Å². The molecule has 2 aromatic heterocycles. The quantitative estimate of drug-likeness (QED) is 0.880. The Morgan fingerprint density at radius 3 is 2.64 bits per heavy atom. The molecule has 0 spiro atoms. The number of hydrogen-bond donors (Lipinski definition) is 1. The molecule has 0 aromatic carbocycles. The van der Waals surface area contributed by atoms with Crippen molar-refractivity contribution in [1.82, 2.24) is 14.6 Å². The highest BCUT2D eigenvalue weighted by Gasteiger charge is 2.25. The minimum atomic E-state index is -0.255. The molecule has 0 amide bonds. The van der Waals surface area contributed by atoms with Crippen molar-refractivity contribution in [3.05, 3.63) is 23.0 Å². The SMILES string of the molecule is Cc1nc2cc(C(C)(C)C)nn2c(N2CCCC(O)C2)c1C. The van der Waals surface area contributed by atoms with Crippen molar-refractivity contribution >= 4 is 11.5 Å². The number of aliphatic hydroxyl groups is 1. The number of nitrogens with zero attached hydrogens (tertiary/aromatic N) is 4. The van der Waals surface area contributed by atoms with E-state index in [-0.39, 0.29) is 11.5 Å². The normalized spacial score (nSPS) is 19.9. The number of aliphatic hydroxyl groups excluding tert-OH is 1. The third kappa shape index (κ3) is 2.58. The van der Waals surface area contributed by atoms with Crippen LogP contribution in [0.2, 0.25) is 0 Å². The smallest absolute Gasteiger partial charge is 0.157 e. The standard InChI is InChI=1S/C17H26N4O/c1-11-12(2)18-15-9-14(17(3,4)5)19-21(15)16(11)20-8-6-7-13(22)10-20/h9,13,22H,6-8,10H2,1-5H3. The molecular formula is C17H26N4O. The fourth-order valence-corrected chi connectivity index (χ4v) is 3.07. The summed E-state index contributed by atoms with van der Waals surface area (Å²) < 4.78 is 1.96. The van der Waals surface area contributed by atoms with Crippen LogP contribution in [0.3, 0.4) is 0 Å². The van der Waals surface area contributed by atoms with Crippen LogP contribution in [-0.4, -0.2) is 38.9 Å². The molecule has 5 nitrogen and oxygen atoms in total. The summed E-state index contributed by atoms with van der Waals surface area (Å²) >= 11 is 0. The van der Waals surface area contributed by atoms with E-state index in [1.807, 2.05) is 11.4 Å². The Morgan fingerprint density at radius 2 is 2.00 bits per heavy atom. The van der Waals surface area contributed by atoms with E-state index in [0.29, 0.717) is 6.54 Å². The summed E-state index contributed by atoms with van der Waals surface area (Å²) in [6.45, 7) is 12.3. The molecule has 0 aliphatic carbocycles. The van der Waals surface area contributed by atoms with Gasteiger partial charge in [0.2, 0.25) is 0 Å². The lowest BCUT2D eigenvalue weighted by Gasteiger charge is -2.33. The molecule has 120 valence electrons. The van der Waals surface area contributed by atoms with Gasteiger partial charge in [0.15, 0.2) is 5.65 Å². The molecule has 0 bridgehead atoms. The number of fused-ring (bicyclic) bond motifs is 1. The van der Waals surface area contributed by atoms with E-state index in [2.05, 4.69) is 38.7 Å². The first-order chi connectivity index (χ1) is 10.3. The highest BCUT2D eigenvalue weighted by atomic mass is 16.3. The maximum absolute atomic E-state index is 10.0. The zero-order chi connectivity index (χ0) is 16.1. The lowest BCUT2D eigenvalue weighted by Crippen LogP contribution is -2.40. The first kappa shape index (κ1) is 15.3. The van der Waals surface area contributed by atoms with Crippen molar-refractivity contribution in [2.24, 2.45) is 0 Å². The van der Waals surface area contributed by atoms with E-state index in [9.17, 15) is 5.11 Å². The van der Waals surface area contributed by atoms with Gasteiger partial charge in [0.1, 0.15) is 5.82 Å². The molecule has 1 aliphatic heterocycles. The molecule has 1 N–H and O–H groups in total. The predicted molar refractivity (Wildman–Crippen MR) is 88.6 cm³/mol. The van der Waals surface area contributed by atoms with Crippen LogP contribution in [0.5, 0.6) is 0 Å². The topological polar surface area (TPSA) is 53.7 Å². The largest absolute Gasteiger partial charge is 0.391 e. The van der Waals surface area contributed by atoms with Gasteiger partial charge in [-0.15, -0.1) is 0 Å². The highest BCUT2D eigenvalue weighted by molar-refractivity contribution is 5.57. The average molecular weight is 302 g/mol. The minimum absolute atomic E-state index is 0.00576. The van der Waals surface area contributed by atoms with Gasteiger partial charge in [0.05, 0.1) is 11.8 Å². The van der Waals surface area contributed by atoms with Crippen LogP contribution in [0.4, 0.5) is 5.82 Å². The van der Waals surface area contributed by atoms with Crippen LogP contribution >= 0.6 is 0 Å². The van der Waals surface area contributed by atoms with Gasteiger partial charge in [-0.25, -0.2) is 4.98 Å². The van der Waals surface area contributed by atoms with E-state index in [0.717, 1.165) is 47.8 Å². The van der Waals surface area contributed by atoms with Gasteiger partial charge in [-0.1, -0.05) is 20.8 Å². The lowest BCUT2D eigenvalue weighted by atomic mass is 9.93. The molecule has 5 heteroatoms. The van der Waals surface area contributed by atoms with E-state index in [4.69, 9.17) is 10.1 Å². The molecule has 1 saturated heterocycles. The summed E-state index contributed by atoms with van der Waals surface area (Å²) in [6, 6.07) is 2.08. The Kier molecular flexibility index (Phi) is 3.63. The van der Waals surface area contributed by atoms with Crippen molar-refractivity contribution in [2.45, 2.75) is 59.0 Å². The van der Waals surface area contributed by atoms with Crippen molar-refractivity contribution in [1.29, 1.82) is 0 Å². The van der Waals surface area contributed by atoms with Gasteiger partial charge >= 0.3 is 0 Å². The number of β-amino-alcohol motifs (C(OH)–C–C–N with tert-alkyl or cyclic N) is 1. The van der Waals surface area contributed by atoms with E-state index < -0.39 is 0 Å². The zero-order valence-electron chi connectivity index (χ0n) is 14.2. The van der Waals surface area contributed by atoms with E-state index >= 15 is 0 Å². The Balaban J connectivity index is 2.18. The van der Waals surface area contributed by atoms with Gasteiger partial charge in [0.25, 0.3) is 0 Å². The zero-order valence-corrected chi connectivity index (χ0v) is 14.2. The number of rotatable bonds is 1. The van der Waals surface area contributed by atoms with Gasteiger partial charge in [-0.05, 0) is 26.7 Å². The molecule has 3 rings (SSSR count). The maximum Gasteiger partial charge on any atom is 0.157 e. The fourth-order valence-electron chi connectivity index (χ4n) is 3.07. The number of hydrogen-bond acceptors (Lipinski definition) is 4. The summed E-state index contributed by atoms with van der Waals surface area (Å²) in [5, 5.41) is 14.8. The fraction of sp³-hybridized carbons (Fsp3) is 0.647. The molecule has 2 aromatic rings. The molecular weight excluding hydrogens is 276 g/mol. The third-order valence-corrected chi connectivity index (χ3v) is 4.52. The lowest BCUT2D eigenvalue weighted by molar-refractivity contribution is 0.153. The number of aryl methyl sites for hydroxylation is 1. The first-order valence-electron chi connectivity index (χ1n) is 8.08. The second-order valence-electron chi connectivity index (χ2n) is 7.44. The summed E-state index contributed by atoms with van der Waals surface area (Å²) in [4.78, 5) is 6.95. The van der Waals surface area contributed by atoms with Crippen LogP contribution < -0.4 is 4.90 Å². The van der Waals surface area contributed by atoms with Crippen LogP contribution in [-0.2, 0) is 5.41 Å². The molecule has 1 unspecified atom stereocenters. The second-order valence-corrected chi connectivity index (χ2v) is 7.44. The number of anilines is 1. The van der Waals surface area contributed by atoms with Crippen molar-refractivity contribution < 1.29 is 5.11 Å². The maximum atomic E-state index is 10.0. The highest BCUT2D eigenvalue weighted by Crippen LogP contribution is 2.29. The van der Waals surface area contributed by atoms with E-state index in [1.54, 1.807) is 0 Å². The summed E-state index contributed by atoms with van der Waals surface area (Å²) in [5.41, 5.74) is 4.11. The Morgan fingerprint density at radius 1 is 1.27 bits per heavy atom. The van der Waals surface area contributed by atoms with Crippen molar-refractivity contribution in [3.63, 3.8) is 0 Å². The predicted octanol–water partition coefficient (Wildman–Crippen LogP) is 2.60. The molecule has 1 fully saturated rings. The molecule has 0 radical (unpaired) electrons. The summed E-state index contributed by atoms with van der Waals surface area (Å²) in [7, 11) is 0. The summed E-state index contributed by atoms with van der Waals surface area (Å²) in [5.74, 6) is 1.08. The monoisotopic (exact) mass is 302 g/mol. The Bertz CT molecular complexity index is 699. The summed E-state index contributed by atoms with van der Waals surface area (Å²) in [6.07, 6.45) is 1.64. The molecule has 1 atom stereocenters. The van der Waals surface area contributed by atoms with Crippen molar-refractivity contribution in [2.75, 3.05) is 18.0 Å². The minimum Gasteiger partial charge on any atom is -0.391 e.